The molecule has 0 aliphatic carbocycles. The highest BCUT2D eigenvalue weighted by atomic mass is 32.1. The average Bonchev–Trinajstić information content (AvgIpc) is 3.34. The molecule has 1 rings (SSSR count). The number of hydrogen-bond acceptors (Lipinski definition) is 9. The molecule has 0 saturated carbocycles. The third kappa shape index (κ3) is 12.1. The number of carbonyl (C=O) groups excluding carboxylic acids is 3. The molecule has 12 N–H and O–H groups in total. The molecule has 37 heavy (non-hydrogen) atoms. The molecule has 0 aliphatic rings. The van der Waals surface area contributed by atoms with E-state index in [1.165, 1.54) is 12.5 Å². The monoisotopic (exact) mass is 543 g/mol. The van der Waals surface area contributed by atoms with E-state index in [-0.39, 0.29) is 43.9 Å². The summed E-state index contributed by atoms with van der Waals surface area (Å²) in [5.41, 5.74) is 16.9. The molecule has 1 heterocycles. The molecule has 1 aromatic rings. The minimum Gasteiger partial charge on any atom is -0.481 e. The Bertz CT molecular complexity index is 954. The third-order valence-electron chi connectivity index (χ3n) is 4.99. The fourth-order valence-corrected chi connectivity index (χ4v) is 3.30. The summed E-state index contributed by atoms with van der Waals surface area (Å²) in [6.45, 7) is 0.155. The van der Waals surface area contributed by atoms with Gasteiger partial charge in [-0.25, -0.2) is 9.78 Å². The summed E-state index contributed by atoms with van der Waals surface area (Å²) < 4.78 is 0. The van der Waals surface area contributed by atoms with Gasteiger partial charge in [0.05, 0.1) is 12.4 Å². The highest BCUT2D eigenvalue weighted by Crippen LogP contribution is 2.04. The van der Waals surface area contributed by atoms with Crippen LogP contribution in [0.2, 0.25) is 0 Å². The number of nitrogens with zero attached hydrogens (tertiary/aromatic N) is 2. The number of aliphatic imine (C=N–C) groups is 1. The van der Waals surface area contributed by atoms with E-state index in [0.29, 0.717) is 5.69 Å². The van der Waals surface area contributed by atoms with Gasteiger partial charge in [-0.3, -0.25) is 24.2 Å². The third-order valence-corrected chi connectivity index (χ3v) is 5.35. The number of carbonyl (C=O) groups is 5. The minimum atomic E-state index is -1.33. The van der Waals surface area contributed by atoms with E-state index in [0.717, 1.165) is 0 Å². The zero-order valence-electron chi connectivity index (χ0n) is 19.9. The summed E-state index contributed by atoms with van der Waals surface area (Å²) in [4.78, 5) is 70.9. The van der Waals surface area contributed by atoms with Crippen LogP contribution in [-0.2, 0) is 30.4 Å². The molecular formula is C20H33N9O7S. The van der Waals surface area contributed by atoms with Crippen molar-refractivity contribution < 1.29 is 34.2 Å². The number of imidazole rings is 1. The predicted molar refractivity (Wildman–Crippen MR) is 134 cm³/mol. The van der Waals surface area contributed by atoms with Gasteiger partial charge in [-0.2, -0.15) is 12.6 Å². The molecule has 3 amide bonds. The summed E-state index contributed by atoms with van der Waals surface area (Å²) >= 11 is 4.04. The van der Waals surface area contributed by atoms with Gasteiger partial charge >= 0.3 is 11.9 Å². The van der Waals surface area contributed by atoms with Crippen LogP contribution in [0, 0.1) is 0 Å². The standard InChI is InChI=1S/C20H33N9O7S/c21-11(6-10-7-24-9-26-10)16(32)27-12(3-4-15(30)31)17(33)29-14(8-37)18(34)28-13(19(35)36)2-1-5-25-20(22)23/h7,9,11-14,37H,1-6,8,21H2,(H,24,26)(H,27,32)(H,28,34)(H,29,33)(H,30,31)(H,35,36)(H4,22,23,25). The molecule has 1 aromatic heterocycles. The van der Waals surface area contributed by atoms with Crippen LogP contribution < -0.4 is 33.2 Å². The zero-order valence-corrected chi connectivity index (χ0v) is 20.8. The quantitative estimate of drug-likeness (QED) is 0.0401. The first kappa shape index (κ1) is 31.2. The van der Waals surface area contributed by atoms with Gasteiger partial charge in [0, 0.05) is 37.0 Å². The van der Waals surface area contributed by atoms with E-state index >= 15 is 0 Å². The van der Waals surface area contributed by atoms with E-state index in [2.05, 4.69) is 43.5 Å². The molecule has 0 aliphatic heterocycles. The van der Waals surface area contributed by atoms with Gasteiger partial charge < -0.3 is 48.3 Å². The normalized spacial score (nSPS) is 13.9. The second-order valence-corrected chi connectivity index (χ2v) is 8.34. The van der Waals surface area contributed by atoms with Crippen LogP contribution in [0.5, 0.6) is 0 Å². The fraction of sp³-hybridized carbons (Fsp3) is 0.550. The number of H-pyrrole nitrogens is 1. The molecule has 16 nitrogen and oxygen atoms in total. The van der Waals surface area contributed by atoms with Crippen LogP contribution in [0.15, 0.2) is 17.5 Å². The highest BCUT2D eigenvalue weighted by Gasteiger charge is 2.30. The molecule has 0 aromatic carbocycles. The lowest BCUT2D eigenvalue weighted by atomic mass is 10.1. The van der Waals surface area contributed by atoms with E-state index < -0.39 is 60.2 Å². The molecule has 17 heteroatoms. The lowest BCUT2D eigenvalue weighted by Crippen LogP contribution is -2.57. The van der Waals surface area contributed by atoms with Crippen LogP contribution in [0.25, 0.3) is 0 Å². The van der Waals surface area contributed by atoms with Gasteiger partial charge in [0.2, 0.25) is 17.7 Å². The van der Waals surface area contributed by atoms with Crippen molar-refractivity contribution in [3.05, 3.63) is 18.2 Å². The lowest BCUT2D eigenvalue weighted by molar-refractivity contribution is -0.142. The van der Waals surface area contributed by atoms with Gasteiger partial charge in [0.25, 0.3) is 0 Å². The van der Waals surface area contributed by atoms with Crippen LogP contribution in [-0.4, -0.2) is 92.3 Å². The topological polar surface area (TPSA) is 281 Å². The number of aromatic amines is 1. The van der Waals surface area contributed by atoms with Crippen molar-refractivity contribution in [2.45, 2.75) is 56.3 Å². The Morgan fingerprint density at radius 2 is 1.62 bits per heavy atom. The SMILES string of the molecule is NC(N)=NCCCC(NC(=O)C(CS)NC(=O)C(CCC(=O)O)NC(=O)C(N)Cc1cnc[nH]1)C(=O)O. The van der Waals surface area contributed by atoms with Gasteiger partial charge in [-0.15, -0.1) is 0 Å². The van der Waals surface area contributed by atoms with Crippen molar-refractivity contribution >= 4 is 48.2 Å². The predicted octanol–water partition coefficient (Wildman–Crippen LogP) is -3.33. The van der Waals surface area contributed by atoms with Gasteiger partial charge in [-0.1, -0.05) is 0 Å². The summed E-state index contributed by atoms with van der Waals surface area (Å²) in [5.74, 6) is -5.30. The van der Waals surface area contributed by atoms with Gasteiger partial charge in [0.1, 0.15) is 18.1 Å². The van der Waals surface area contributed by atoms with E-state index in [1.54, 1.807) is 0 Å². The number of nitrogens with two attached hydrogens (primary N) is 3. The number of aromatic nitrogens is 2. The van der Waals surface area contributed by atoms with Crippen molar-refractivity contribution in [2.75, 3.05) is 12.3 Å². The Morgan fingerprint density at radius 1 is 1.00 bits per heavy atom. The smallest absolute Gasteiger partial charge is 0.326 e. The summed E-state index contributed by atoms with van der Waals surface area (Å²) in [6.07, 6.45) is 2.50. The lowest BCUT2D eigenvalue weighted by Gasteiger charge is -2.24. The van der Waals surface area contributed by atoms with Crippen LogP contribution in [0.4, 0.5) is 0 Å². The van der Waals surface area contributed by atoms with Crippen molar-refractivity contribution in [1.29, 1.82) is 0 Å². The zero-order chi connectivity index (χ0) is 28.0. The number of guanidine groups is 1. The first-order valence-corrected chi connectivity index (χ1v) is 11.8. The minimum absolute atomic E-state index is 0.0105. The number of aliphatic carboxylic acids is 2. The maximum Gasteiger partial charge on any atom is 0.326 e. The molecule has 4 atom stereocenters. The second-order valence-electron chi connectivity index (χ2n) is 7.97. The Morgan fingerprint density at radius 3 is 2.16 bits per heavy atom. The van der Waals surface area contributed by atoms with Gasteiger partial charge in [0.15, 0.2) is 5.96 Å². The molecular weight excluding hydrogens is 510 g/mol. The summed E-state index contributed by atoms with van der Waals surface area (Å²) in [7, 11) is 0. The van der Waals surface area contributed by atoms with Crippen LogP contribution in [0.3, 0.4) is 0 Å². The first-order valence-electron chi connectivity index (χ1n) is 11.2. The number of carboxylic acids is 2. The number of hydrogen-bond donors (Lipinski definition) is 10. The Kier molecular flexibility index (Phi) is 13.5. The molecule has 0 fully saturated rings. The number of nitrogens with one attached hydrogen (secondary N) is 4. The summed E-state index contributed by atoms with van der Waals surface area (Å²) in [6, 6.07) is -4.97. The molecule has 206 valence electrons. The number of carboxylic acid groups (broad SMARTS) is 2. The van der Waals surface area contributed by atoms with Crippen molar-refractivity contribution in [3.63, 3.8) is 0 Å². The first-order chi connectivity index (χ1) is 17.4. The van der Waals surface area contributed by atoms with Gasteiger partial charge in [-0.05, 0) is 19.3 Å². The molecule has 0 saturated heterocycles. The van der Waals surface area contributed by atoms with E-state index in [9.17, 15) is 29.1 Å². The Hall–Kier alpha value is -3.86. The van der Waals surface area contributed by atoms with Crippen molar-refractivity contribution in [1.82, 2.24) is 25.9 Å². The number of thiol groups is 1. The maximum atomic E-state index is 12.9. The van der Waals surface area contributed by atoms with E-state index in [4.69, 9.17) is 22.3 Å². The Labute approximate surface area is 217 Å². The van der Waals surface area contributed by atoms with Crippen LogP contribution in [0.1, 0.15) is 31.4 Å². The highest BCUT2D eigenvalue weighted by molar-refractivity contribution is 7.80. The number of amides is 3. The Balaban J connectivity index is 2.82. The molecule has 4 unspecified atom stereocenters. The van der Waals surface area contributed by atoms with Crippen molar-refractivity contribution in [3.8, 4) is 0 Å². The van der Waals surface area contributed by atoms with Crippen molar-refractivity contribution in [2.24, 2.45) is 22.2 Å². The molecule has 0 radical (unpaired) electrons. The molecule has 0 bridgehead atoms. The summed E-state index contributed by atoms with van der Waals surface area (Å²) in [5, 5.41) is 25.5. The van der Waals surface area contributed by atoms with E-state index in [1.807, 2.05) is 0 Å². The second kappa shape index (κ2) is 16.0. The largest absolute Gasteiger partial charge is 0.481 e. The fourth-order valence-electron chi connectivity index (χ4n) is 3.04. The number of rotatable bonds is 17. The maximum absolute atomic E-state index is 12.9. The van der Waals surface area contributed by atoms with Crippen LogP contribution >= 0.6 is 12.6 Å². The average molecular weight is 544 g/mol. The molecule has 0 spiro atoms.